The molecule has 0 atom stereocenters. The van der Waals surface area contributed by atoms with E-state index in [2.05, 4.69) is 26.1 Å². The Morgan fingerprint density at radius 3 is 2.47 bits per heavy atom. The number of para-hydroxylation sites is 1. The predicted octanol–water partition coefficient (Wildman–Crippen LogP) is 3.31. The second kappa shape index (κ2) is 10.5. The van der Waals surface area contributed by atoms with Gasteiger partial charge in [-0.25, -0.2) is 23.9 Å². The van der Waals surface area contributed by atoms with Gasteiger partial charge in [-0.2, -0.15) is 0 Å². The van der Waals surface area contributed by atoms with Crippen LogP contribution in [0.15, 0.2) is 48.8 Å². The molecule has 2 aromatic heterocycles. The van der Waals surface area contributed by atoms with Crippen molar-refractivity contribution in [2.45, 2.75) is 0 Å². The zero-order valence-electron chi connectivity index (χ0n) is 18.8. The molecule has 34 heavy (non-hydrogen) atoms. The van der Waals surface area contributed by atoms with Crippen molar-refractivity contribution < 1.29 is 22.8 Å². The van der Waals surface area contributed by atoms with Crippen molar-refractivity contribution in [1.29, 1.82) is 0 Å². The topological polar surface area (TPSA) is 135 Å². The molecule has 2 heterocycles. The number of pyridine rings is 2. The number of ether oxygens (including phenoxy) is 1. The molecule has 0 aliphatic heterocycles. The number of rotatable bonds is 9. The van der Waals surface area contributed by atoms with Crippen LogP contribution >= 0.6 is 11.6 Å². The number of aromatic nitrogens is 2. The lowest BCUT2D eigenvalue weighted by atomic mass is 10.2. The second-order valence-corrected chi connectivity index (χ2v) is 9.35. The highest BCUT2D eigenvalue weighted by atomic mass is 35.5. The summed E-state index contributed by atoms with van der Waals surface area (Å²) in [4.78, 5) is 25.7. The zero-order valence-corrected chi connectivity index (χ0v) is 20.4. The maximum Gasteiger partial charge on any atom is 0.278 e. The van der Waals surface area contributed by atoms with Crippen molar-refractivity contribution in [3.05, 3.63) is 59.4 Å². The summed E-state index contributed by atoms with van der Waals surface area (Å²) in [7, 11) is 0.559. The molecule has 1 amide bonds. The zero-order chi connectivity index (χ0) is 24.9. The molecular weight excluding hydrogens is 484 g/mol. The number of amides is 1. The van der Waals surface area contributed by atoms with Crippen molar-refractivity contribution in [3.63, 3.8) is 0 Å². The van der Waals surface area contributed by atoms with Gasteiger partial charge in [0.05, 0.1) is 48.1 Å². The molecule has 0 fully saturated rings. The number of hydrogen-bond donors (Lipinski definition) is 3. The van der Waals surface area contributed by atoms with Gasteiger partial charge in [0.25, 0.3) is 5.91 Å². The average Bonchev–Trinajstić information content (AvgIpc) is 2.79. The Kier molecular flexibility index (Phi) is 7.76. The molecule has 0 unspecified atom stereocenters. The van der Waals surface area contributed by atoms with E-state index in [1.165, 1.54) is 27.5 Å². The van der Waals surface area contributed by atoms with Crippen LogP contribution in [0.1, 0.15) is 10.4 Å². The van der Waals surface area contributed by atoms with Crippen molar-refractivity contribution >= 4 is 56.1 Å². The summed E-state index contributed by atoms with van der Waals surface area (Å²) in [6.07, 6.45) is 3.99. The first kappa shape index (κ1) is 25.0. The lowest BCUT2D eigenvalue weighted by molar-refractivity contribution is 0.0538. The molecule has 1 aromatic carbocycles. The van der Waals surface area contributed by atoms with Gasteiger partial charge in [-0.15, -0.1) is 0 Å². The van der Waals surface area contributed by atoms with Gasteiger partial charge < -0.3 is 15.4 Å². The van der Waals surface area contributed by atoms with E-state index in [-0.39, 0.29) is 16.3 Å². The summed E-state index contributed by atoms with van der Waals surface area (Å²) < 4.78 is 30.7. The summed E-state index contributed by atoms with van der Waals surface area (Å²) in [5, 5.41) is 6.38. The van der Waals surface area contributed by atoms with Crippen LogP contribution in [0.5, 0.6) is 5.88 Å². The van der Waals surface area contributed by atoms with Crippen LogP contribution in [0.4, 0.5) is 28.6 Å². The fourth-order valence-electron chi connectivity index (χ4n) is 2.99. The molecule has 0 saturated heterocycles. The summed E-state index contributed by atoms with van der Waals surface area (Å²) in [6, 6.07) is 9.91. The molecule has 0 aliphatic rings. The van der Waals surface area contributed by atoms with Gasteiger partial charge in [0.15, 0.2) is 0 Å². The van der Waals surface area contributed by atoms with Crippen molar-refractivity contribution in [2.75, 3.05) is 42.5 Å². The number of anilines is 5. The summed E-state index contributed by atoms with van der Waals surface area (Å²) in [6.45, 7) is 0. The number of sulfonamides is 1. The van der Waals surface area contributed by atoms with Crippen LogP contribution in [0, 0.1) is 0 Å². The van der Waals surface area contributed by atoms with E-state index in [4.69, 9.17) is 21.2 Å². The first-order valence-electron chi connectivity index (χ1n) is 9.74. The molecule has 180 valence electrons. The van der Waals surface area contributed by atoms with Crippen molar-refractivity contribution in [3.8, 4) is 5.88 Å². The number of carbonyl (C=O) groups excluding carboxylic acids is 1. The SMILES string of the molecule is CONC(=O)c1cnc(Nc2cccnc2OC)cc1Nc1cccc(Cl)c1N(C)S(C)(=O)=O. The Bertz CT molecular complexity index is 1300. The molecule has 3 rings (SSSR count). The number of nitrogens with one attached hydrogen (secondary N) is 3. The van der Waals surface area contributed by atoms with E-state index >= 15 is 0 Å². The van der Waals surface area contributed by atoms with E-state index in [0.29, 0.717) is 28.8 Å². The molecule has 0 saturated carbocycles. The van der Waals surface area contributed by atoms with Gasteiger partial charge in [-0.1, -0.05) is 17.7 Å². The minimum atomic E-state index is -3.62. The molecule has 11 nitrogen and oxygen atoms in total. The van der Waals surface area contributed by atoms with Crippen LogP contribution in [0.3, 0.4) is 0 Å². The lowest BCUT2D eigenvalue weighted by Gasteiger charge is -2.23. The van der Waals surface area contributed by atoms with Crippen LogP contribution < -0.4 is 25.2 Å². The van der Waals surface area contributed by atoms with Gasteiger partial charge in [0, 0.05) is 25.5 Å². The highest BCUT2D eigenvalue weighted by Gasteiger charge is 2.21. The number of halogens is 1. The van der Waals surface area contributed by atoms with Gasteiger partial charge in [-0.05, 0) is 24.3 Å². The van der Waals surface area contributed by atoms with Gasteiger partial charge in [-0.3, -0.25) is 13.9 Å². The van der Waals surface area contributed by atoms with Crippen LogP contribution in [0.25, 0.3) is 0 Å². The van der Waals surface area contributed by atoms with Gasteiger partial charge in [0.1, 0.15) is 11.5 Å². The number of hydrogen-bond acceptors (Lipinski definition) is 9. The largest absolute Gasteiger partial charge is 0.480 e. The highest BCUT2D eigenvalue weighted by molar-refractivity contribution is 7.92. The van der Waals surface area contributed by atoms with Crippen molar-refractivity contribution in [1.82, 2.24) is 15.4 Å². The Labute approximate surface area is 202 Å². The third-order valence-electron chi connectivity index (χ3n) is 4.64. The van der Waals surface area contributed by atoms with Gasteiger partial charge in [0.2, 0.25) is 15.9 Å². The van der Waals surface area contributed by atoms with E-state index in [1.807, 2.05) is 0 Å². The van der Waals surface area contributed by atoms with E-state index in [0.717, 1.165) is 10.6 Å². The predicted molar refractivity (Wildman–Crippen MR) is 131 cm³/mol. The minimum absolute atomic E-state index is 0.137. The molecule has 3 aromatic rings. The quantitative estimate of drug-likeness (QED) is 0.373. The Morgan fingerprint density at radius 2 is 1.79 bits per heavy atom. The maximum atomic E-state index is 12.6. The Morgan fingerprint density at radius 1 is 1.06 bits per heavy atom. The summed E-state index contributed by atoms with van der Waals surface area (Å²) in [5.41, 5.74) is 3.81. The standard InChI is InChI=1S/C21H23ClN6O5S/c1-28(34(4,30)31)19-14(22)7-5-8-15(19)25-17-11-18(24-12-13(17)20(29)27-33-3)26-16-9-6-10-23-21(16)32-2/h5-12H,1-4H3,(H,27,29)(H2,24,25,26). The average molecular weight is 507 g/mol. The van der Waals surface area contributed by atoms with Crippen molar-refractivity contribution in [2.24, 2.45) is 0 Å². The number of methoxy groups -OCH3 is 1. The Hall–Kier alpha value is -3.61. The number of benzene rings is 1. The van der Waals surface area contributed by atoms with E-state index in [9.17, 15) is 13.2 Å². The third kappa shape index (κ3) is 5.65. The lowest BCUT2D eigenvalue weighted by Crippen LogP contribution is -2.26. The first-order chi connectivity index (χ1) is 16.2. The van der Waals surface area contributed by atoms with E-state index in [1.54, 1.807) is 42.6 Å². The molecule has 0 bridgehead atoms. The smallest absolute Gasteiger partial charge is 0.278 e. The molecule has 0 spiro atoms. The maximum absolute atomic E-state index is 12.6. The van der Waals surface area contributed by atoms with Crippen LogP contribution in [-0.2, 0) is 14.9 Å². The fraction of sp³-hybridized carbons (Fsp3) is 0.190. The molecular formula is C21H23ClN6O5S. The molecule has 0 radical (unpaired) electrons. The van der Waals surface area contributed by atoms with Crippen LogP contribution in [0.2, 0.25) is 5.02 Å². The monoisotopic (exact) mass is 506 g/mol. The third-order valence-corrected chi connectivity index (χ3v) is 6.12. The fourth-order valence-corrected chi connectivity index (χ4v) is 3.87. The normalized spacial score (nSPS) is 11.0. The summed E-state index contributed by atoms with van der Waals surface area (Å²) in [5.74, 6) is 0.151. The summed E-state index contributed by atoms with van der Waals surface area (Å²) >= 11 is 6.33. The van der Waals surface area contributed by atoms with Gasteiger partial charge >= 0.3 is 0 Å². The first-order valence-corrected chi connectivity index (χ1v) is 12.0. The minimum Gasteiger partial charge on any atom is -0.480 e. The van der Waals surface area contributed by atoms with E-state index < -0.39 is 15.9 Å². The molecule has 3 N–H and O–H groups in total. The highest BCUT2D eigenvalue weighted by Crippen LogP contribution is 2.37. The number of carbonyl (C=O) groups is 1. The Balaban J connectivity index is 2.08. The molecule has 13 heteroatoms. The van der Waals surface area contributed by atoms with Crippen LogP contribution in [-0.4, -0.2) is 51.8 Å². The molecule has 0 aliphatic carbocycles. The number of nitrogens with zero attached hydrogens (tertiary/aromatic N) is 3. The second-order valence-electron chi connectivity index (χ2n) is 6.93. The number of hydroxylamine groups is 1.